The molecule has 4 heteroatoms. The number of hydrogen-bond acceptors (Lipinski definition) is 3. The number of benzene rings is 2. The molecule has 0 aromatic heterocycles. The van der Waals surface area contributed by atoms with E-state index in [1.54, 1.807) is 0 Å². The third-order valence-electron chi connectivity index (χ3n) is 5.93. The van der Waals surface area contributed by atoms with E-state index in [1.807, 2.05) is 0 Å². The lowest BCUT2D eigenvalue weighted by Crippen LogP contribution is -2.61. The lowest BCUT2D eigenvalue weighted by Gasteiger charge is -2.53. The minimum absolute atomic E-state index is 0.282. The number of hydrogen-bond donors (Lipinski definition) is 1. The van der Waals surface area contributed by atoms with Crippen LogP contribution in [0.3, 0.4) is 0 Å². The average molecular weight is 354 g/mol. The Morgan fingerprint density at radius 2 is 1.36 bits per heavy atom. The van der Waals surface area contributed by atoms with Gasteiger partial charge in [-0.25, -0.2) is 0 Å². The van der Waals surface area contributed by atoms with Gasteiger partial charge >= 0.3 is 0 Å². The molecule has 0 bridgehead atoms. The number of aliphatic hydroxyl groups is 1. The van der Waals surface area contributed by atoms with Crippen LogP contribution in [0.15, 0.2) is 60.7 Å². The van der Waals surface area contributed by atoms with Crippen molar-refractivity contribution in [2.75, 3.05) is 26.2 Å². The zero-order chi connectivity index (χ0) is 17.3. The molecule has 25 heavy (non-hydrogen) atoms. The normalized spacial score (nSPS) is 22.0. The van der Waals surface area contributed by atoms with Gasteiger partial charge in [-0.3, -0.25) is 9.57 Å². The van der Waals surface area contributed by atoms with Crippen molar-refractivity contribution in [2.45, 2.75) is 24.5 Å². The molecular formula is C21H27N2OP. The van der Waals surface area contributed by atoms with Crippen LogP contribution in [0.2, 0.25) is 0 Å². The van der Waals surface area contributed by atoms with Crippen LogP contribution in [0.4, 0.5) is 0 Å². The Hall–Kier alpha value is -1.25. The predicted molar refractivity (Wildman–Crippen MR) is 105 cm³/mol. The molecule has 0 saturated carbocycles. The smallest absolute Gasteiger partial charge is 0.0724 e. The molecular weight excluding hydrogens is 327 g/mol. The molecule has 2 saturated heterocycles. The Balaban J connectivity index is 1.51. The van der Waals surface area contributed by atoms with Crippen molar-refractivity contribution in [1.29, 1.82) is 0 Å². The van der Waals surface area contributed by atoms with E-state index in [4.69, 9.17) is 0 Å². The summed E-state index contributed by atoms with van der Waals surface area (Å²) in [6.07, 6.45) is 1.77. The molecule has 0 radical (unpaired) electrons. The Labute approximate surface area is 152 Å². The van der Waals surface area contributed by atoms with Gasteiger partial charge in [-0.1, -0.05) is 70.1 Å². The van der Waals surface area contributed by atoms with Gasteiger partial charge in [0, 0.05) is 32.1 Å². The monoisotopic (exact) mass is 354 g/mol. The van der Waals surface area contributed by atoms with Gasteiger partial charge < -0.3 is 5.11 Å². The molecule has 2 aliphatic rings. The van der Waals surface area contributed by atoms with Gasteiger partial charge in [0.05, 0.1) is 11.6 Å². The Morgan fingerprint density at radius 1 is 0.880 bits per heavy atom. The van der Waals surface area contributed by atoms with Crippen LogP contribution in [0.5, 0.6) is 0 Å². The molecule has 0 spiro atoms. The van der Waals surface area contributed by atoms with Crippen molar-refractivity contribution < 1.29 is 5.11 Å². The standard InChI is InChI=1S/C21H27N2OP/c24-21(11-13-23(25)14-12-21)19-15-22(16-19)20(17-7-3-1-4-8-17)18-9-5-2-6-10-18/h1-10,19-20,24H,11-16,25H2. The first-order valence-electron chi connectivity index (χ1n) is 9.22. The van der Waals surface area contributed by atoms with E-state index in [9.17, 15) is 5.11 Å². The van der Waals surface area contributed by atoms with E-state index in [-0.39, 0.29) is 6.04 Å². The Morgan fingerprint density at radius 3 is 1.84 bits per heavy atom. The molecule has 2 aromatic carbocycles. The van der Waals surface area contributed by atoms with Crippen molar-refractivity contribution in [3.8, 4) is 0 Å². The Kier molecular flexibility index (Phi) is 4.92. The first kappa shape index (κ1) is 17.2. The van der Waals surface area contributed by atoms with E-state index in [1.165, 1.54) is 11.1 Å². The summed E-state index contributed by atoms with van der Waals surface area (Å²) in [5.41, 5.74) is 2.18. The molecule has 0 amide bonds. The summed E-state index contributed by atoms with van der Waals surface area (Å²) >= 11 is 0. The first-order valence-corrected chi connectivity index (χ1v) is 9.73. The largest absolute Gasteiger partial charge is 0.389 e. The number of nitrogens with zero attached hydrogens (tertiary/aromatic N) is 2. The highest BCUT2D eigenvalue weighted by molar-refractivity contribution is 7.13. The molecule has 2 aliphatic heterocycles. The van der Waals surface area contributed by atoms with Crippen molar-refractivity contribution >= 4 is 9.39 Å². The first-order chi connectivity index (χ1) is 12.2. The van der Waals surface area contributed by atoms with Gasteiger partial charge in [-0.15, -0.1) is 0 Å². The molecule has 132 valence electrons. The van der Waals surface area contributed by atoms with E-state index in [0.29, 0.717) is 5.92 Å². The van der Waals surface area contributed by atoms with E-state index in [2.05, 4.69) is 79.6 Å². The Bertz CT molecular complexity index is 640. The third kappa shape index (κ3) is 3.52. The maximum atomic E-state index is 11.1. The lowest BCUT2D eigenvalue weighted by molar-refractivity contribution is -0.116. The highest BCUT2D eigenvalue weighted by Crippen LogP contribution is 2.41. The van der Waals surface area contributed by atoms with Gasteiger partial charge in [0.25, 0.3) is 0 Å². The maximum Gasteiger partial charge on any atom is 0.0724 e. The van der Waals surface area contributed by atoms with Crippen molar-refractivity contribution in [2.24, 2.45) is 5.92 Å². The van der Waals surface area contributed by atoms with Crippen LogP contribution < -0.4 is 0 Å². The minimum Gasteiger partial charge on any atom is -0.389 e. The van der Waals surface area contributed by atoms with Crippen molar-refractivity contribution in [1.82, 2.24) is 9.57 Å². The maximum absolute atomic E-state index is 11.1. The molecule has 4 rings (SSSR count). The van der Waals surface area contributed by atoms with Gasteiger partial charge in [0.15, 0.2) is 0 Å². The van der Waals surface area contributed by atoms with Crippen molar-refractivity contribution in [3.05, 3.63) is 71.8 Å². The molecule has 1 N–H and O–H groups in total. The zero-order valence-electron chi connectivity index (χ0n) is 14.6. The van der Waals surface area contributed by atoms with Gasteiger partial charge in [-0.05, 0) is 24.0 Å². The SMILES string of the molecule is OC1(C2CN(C(c3ccccc3)c3ccccc3)C2)CCN(P)CC1. The molecule has 3 nitrogen and oxygen atoms in total. The summed E-state index contributed by atoms with van der Waals surface area (Å²) in [5, 5.41) is 11.1. The molecule has 2 heterocycles. The van der Waals surface area contributed by atoms with Crippen LogP contribution in [0.1, 0.15) is 30.0 Å². The van der Waals surface area contributed by atoms with Crippen molar-refractivity contribution in [3.63, 3.8) is 0 Å². The molecule has 1 unspecified atom stereocenters. The van der Waals surface area contributed by atoms with E-state index < -0.39 is 5.60 Å². The van der Waals surface area contributed by atoms with Gasteiger partial charge in [0.1, 0.15) is 0 Å². The predicted octanol–water partition coefficient (Wildman–Crippen LogP) is 3.32. The number of likely N-dealkylation sites (tertiary alicyclic amines) is 1. The summed E-state index contributed by atoms with van der Waals surface area (Å²) in [6.45, 7) is 3.89. The fourth-order valence-electron chi connectivity index (χ4n) is 4.27. The quantitative estimate of drug-likeness (QED) is 0.854. The number of piperidine rings is 1. The summed E-state index contributed by atoms with van der Waals surface area (Å²) < 4.78 is 2.24. The molecule has 2 aromatic rings. The van der Waals surface area contributed by atoms with Crippen LogP contribution in [0.25, 0.3) is 0 Å². The van der Waals surface area contributed by atoms with Crippen LogP contribution in [-0.2, 0) is 0 Å². The topological polar surface area (TPSA) is 26.7 Å². The minimum atomic E-state index is -0.485. The third-order valence-corrected chi connectivity index (χ3v) is 6.45. The van der Waals surface area contributed by atoms with Gasteiger partial charge in [-0.2, -0.15) is 0 Å². The van der Waals surface area contributed by atoms with Crippen LogP contribution in [0, 0.1) is 5.92 Å². The zero-order valence-corrected chi connectivity index (χ0v) is 15.7. The molecule has 0 aliphatic carbocycles. The second-order valence-electron chi connectivity index (χ2n) is 7.51. The summed E-state index contributed by atoms with van der Waals surface area (Å²) in [5.74, 6) is 0.390. The fourth-order valence-corrected chi connectivity index (χ4v) is 4.53. The number of rotatable bonds is 4. The van der Waals surface area contributed by atoms with Crippen LogP contribution in [-0.4, -0.2) is 46.5 Å². The molecule has 1 atom stereocenters. The van der Waals surface area contributed by atoms with Gasteiger partial charge in [0.2, 0.25) is 0 Å². The highest BCUT2D eigenvalue weighted by Gasteiger charge is 2.47. The van der Waals surface area contributed by atoms with Crippen LogP contribution >= 0.6 is 9.39 Å². The van der Waals surface area contributed by atoms with E-state index >= 15 is 0 Å². The average Bonchev–Trinajstić information content (AvgIpc) is 2.62. The highest BCUT2D eigenvalue weighted by atomic mass is 31.0. The second-order valence-corrected chi connectivity index (χ2v) is 8.24. The summed E-state index contributed by atoms with van der Waals surface area (Å²) in [6, 6.07) is 21.8. The van der Waals surface area contributed by atoms with E-state index in [0.717, 1.165) is 39.0 Å². The second kappa shape index (κ2) is 7.17. The fraction of sp³-hybridized carbons (Fsp3) is 0.429. The summed E-state index contributed by atoms with van der Waals surface area (Å²) in [4.78, 5) is 2.51. The lowest BCUT2D eigenvalue weighted by atomic mass is 9.74. The summed E-state index contributed by atoms with van der Waals surface area (Å²) in [7, 11) is 2.76. The molecule has 2 fully saturated rings.